The van der Waals surface area contributed by atoms with Crippen molar-refractivity contribution in [2.75, 3.05) is 20.1 Å². The largest absolute Gasteiger partial charge is 0.481 e. The summed E-state index contributed by atoms with van der Waals surface area (Å²) in [6.07, 6.45) is 4.15. The standard InChI is InChI=1S/C35H49N5O8/c1-22(41)28(16-17-31(42)43)39-35(48)40-29(34(46)47)9-5-6-18-37-33(45)30(20-24-12-13-25-7-3-4-8-27(25)19-24)38-32(44)26-14-10-23(11-15-26)21-36-2/h3-4,7-8,12-13,19,23,26,28-30,36H,5-6,9-11,14-18,20-21H2,1-2H3,(H,37,45)(H,38,44)(H,42,43)(H,46,47)(H2,39,40,48). The third-order valence-electron chi connectivity index (χ3n) is 8.86. The number of ketones is 1. The number of urea groups is 1. The van der Waals surface area contributed by atoms with E-state index in [9.17, 15) is 33.9 Å². The molecule has 0 heterocycles. The van der Waals surface area contributed by atoms with Crippen LogP contribution in [0.15, 0.2) is 42.5 Å². The lowest BCUT2D eigenvalue weighted by Gasteiger charge is -2.29. The van der Waals surface area contributed by atoms with Crippen molar-refractivity contribution < 1.29 is 39.0 Å². The smallest absolute Gasteiger partial charge is 0.326 e. The van der Waals surface area contributed by atoms with E-state index < -0.39 is 41.9 Å². The van der Waals surface area contributed by atoms with Crippen LogP contribution < -0.4 is 26.6 Å². The van der Waals surface area contributed by atoms with Crippen LogP contribution in [-0.4, -0.2) is 84.0 Å². The number of hydrogen-bond donors (Lipinski definition) is 7. The van der Waals surface area contributed by atoms with Crippen LogP contribution in [0.2, 0.25) is 0 Å². The Bertz CT molecular complexity index is 1420. The number of nitrogens with one attached hydrogen (secondary N) is 5. The highest BCUT2D eigenvalue weighted by Crippen LogP contribution is 2.28. The van der Waals surface area contributed by atoms with E-state index in [0.29, 0.717) is 25.2 Å². The summed E-state index contributed by atoms with van der Waals surface area (Å²) in [5.74, 6) is -2.89. The summed E-state index contributed by atoms with van der Waals surface area (Å²) in [5.41, 5.74) is 0.913. The van der Waals surface area contributed by atoms with Crippen molar-refractivity contribution >= 4 is 46.3 Å². The molecule has 1 saturated carbocycles. The first-order chi connectivity index (χ1) is 23.0. The Morgan fingerprint density at radius 3 is 2.15 bits per heavy atom. The van der Waals surface area contributed by atoms with Crippen molar-refractivity contribution in [3.63, 3.8) is 0 Å². The second-order valence-electron chi connectivity index (χ2n) is 12.6. The number of carboxylic acids is 2. The second-order valence-corrected chi connectivity index (χ2v) is 12.6. The summed E-state index contributed by atoms with van der Waals surface area (Å²) in [7, 11) is 1.93. The van der Waals surface area contributed by atoms with Gasteiger partial charge < -0.3 is 36.8 Å². The van der Waals surface area contributed by atoms with Gasteiger partial charge in [0.05, 0.1) is 6.04 Å². The van der Waals surface area contributed by atoms with Crippen LogP contribution in [0.3, 0.4) is 0 Å². The van der Waals surface area contributed by atoms with Gasteiger partial charge >= 0.3 is 18.0 Å². The van der Waals surface area contributed by atoms with E-state index in [0.717, 1.165) is 48.6 Å². The Balaban J connectivity index is 1.54. The number of hydrogen-bond acceptors (Lipinski definition) is 7. The second kappa shape index (κ2) is 19.3. The third-order valence-corrected chi connectivity index (χ3v) is 8.86. The number of rotatable bonds is 19. The van der Waals surface area contributed by atoms with Crippen molar-refractivity contribution in [1.29, 1.82) is 0 Å². The number of unbranched alkanes of at least 4 members (excludes halogenated alkanes) is 1. The average molecular weight is 668 g/mol. The van der Waals surface area contributed by atoms with Gasteiger partial charge in [0, 0.05) is 25.3 Å². The SMILES string of the molecule is CNCC1CCC(C(=O)NC(Cc2ccc3ccccc3c2)C(=O)NCCCCC(NC(=O)NC(CCC(=O)O)C(C)=O)C(=O)O)CC1. The molecule has 0 aromatic heterocycles. The molecule has 3 unspecified atom stereocenters. The highest BCUT2D eigenvalue weighted by molar-refractivity contribution is 5.90. The molecule has 3 atom stereocenters. The predicted molar refractivity (Wildman–Crippen MR) is 180 cm³/mol. The van der Waals surface area contributed by atoms with Crippen LogP contribution in [0.25, 0.3) is 10.8 Å². The van der Waals surface area contributed by atoms with Gasteiger partial charge in [-0.1, -0.05) is 42.5 Å². The molecule has 4 amide bonds. The molecule has 3 rings (SSSR count). The van der Waals surface area contributed by atoms with Crippen molar-refractivity contribution in [2.24, 2.45) is 11.8 Å². The van der Waals surface area contributed by atoms with Crippen LogP contribution in [0.5, 0.6) is 0 Å². The molecule has 2 aromatic carbocycles. The molecule has 13 nitrogen and oxygen atoms in total. The number of carboxylic acid groups (broad SMARTS) is 2. The number of Topliss-reactive ketones (excluding diaryl/α,β-unsaturated/α-hetero) is 1. The molecular formula is C35H49N5O8. The molecule has 1 aliphatic carbocycles. The van der Waals surface area contributed by atoms with Gasteiger partial charge in [-0.05, 0) is 94.1 Å². The fraction of sp³-hybridized carbons (Fsp3) is 0.543. The quantitative estimate of drug-likeness (QED) is 0.110. The minimum absolute atomic E-state index is 0.0615. The maximum Gasteiger partial charge on any atom is 0.326 e. The zero-order valence-electron chi connectivity index (χ0n) is 27.8. The first-order valence-corrected chi connectivity index (χ1v) is 16.7. The van der Waals surface area contributed by atoms with Crippen LogP contribution in [0.4, 0.5) is 4.79 Å². The summed E-state index contributed by atoms with van der Waals surface area (Å²) in [6, 6.07) is 9.91. The minimum Gasteiger partial charge on any atom is -0.481 e. The number of carbonyl (C=O) groups excluding carboxylic acids is 4. The van der Waals surface area contributed by atoms with Crippen LogP contribution in [-0.2, 0) is 30.4 Å². The molecule has 0 bridgehead atoms. The molecule has 1 fully saturated rings. The molecule has 0 aliphatic heterocycles. The first kappa shape index (κ1) is 37.9. The van der Waals surface area contributed by atoms with Gasteiger partial charge in [0.15, 0.2) is 5.78 Å². The van der Waals surface area contributed by atoms with E-state index >= 15 is 0 Å². The van der Waals surface area contributed by atoms with Gasteiger partial charge in [0.25, 0.3) is 0 Å². The van der Waals surface area contributed by atoms with Gasteiger partial charge in [0.2, 0.25) is 11.8 Å². The number of amides is 4. The van der Waals surface area contributed by atoms with Gasteiger partial charge in [-0.15, -0.1) is 0 Å². The lowest BCUT2D eigenvalue weighted by molar-refractivity contribution is -0.139. The normalized spacial score (nSPS) is 17.8. The Labute approximate surface area is 281 Å². The van der Waals surface area contributed by atoms with E-state index in [2.05, 4.69) is 26.6 Å². The molecular weight excluding hydrogens is 618 g/mol. The van der Waals surface area contributed by atoms with E-state index in [4.69, 9.17) is 5.11 Å². The van der Waals surface area contributed by atoms with E-state index in [1.807, 2.05) is 49.5 Å². The van der Waals surface area contributed by atoms with Gasteiger partial charge in [-0.2, -0.15) is 0 Å². The number of benzene rings is 2. The summed E-state index contributed by atoms with van der Waals surface area (Å²) in [5, 5.41) is 34.3. The van der Waals surface area contributed by atoms with Gasteiger partial charge in [0.1, 0.15) is 12.1 Å². The Morgan fingerprint density at radius 2 is 1.50 bits per heavy atom. The molecule has 0 radical (unpaired) electrons. The molecule has 0 saturated heterocycles. The van der Waals surface area contributed by atoms with Crippen molar-refractivity contribution in [2.45, 2.75) is 89.3 Å². The van der Waals surface area contributed by atoms with Crippen LogP contribution in [0.1, 0.15) is 70.3 Å². The van der Waals surface area contributed by atoms with Crippen molar-refractivity contribution in [3.8, 4) is 0 Å². The van der Waals surface area contributed by atoms with Gasteiger partial charge in [-0.3, -0.25) is 19.2 Å². The summed E-state index contributed by atoms with van der Waals surface area (Å²) < 4.78 is 0. The van der Waals surface area contributed by atoms with Crippen LogP contribution >= 0.6 is 0 Å². The summed E-state index contributed by atoms with van der Waals surface area (Å²) >= 11 is 0. The highest BCUT2D eigenvalue weighted by Gasteiger charge is 2.30. The highest BCUT2D eigenvalue weighted by atomic mass is 16.4. The maximum absolute atomic E-state index is 13.4. The Morgan fingerprint density at radius 1 is 0.812 bits per heavy atom. The Kier molecular flexibility index (Phi) is 15.3. The summed E-state index contributed by atoms with van der Waals surface area (Å²) in [4.78, 5) is 73.5. The van der Waals surface area contributed by atoms with E-state index in [1.54, 1.807) is 0 Å². The third kappa shape index (κ3) is 12.6. The summed E-state index contributed by atoms with van der Waals surface area (Å²) in [6.45, 7) is 2.37. The predicted octanol–water partition coefficient (Wildman–Crippen LogP) is 2.75. The fourth-order valence-corrected chi connectivity index (χ4v) is 6.09. The fourth-order valence-electron chi connectivity index (χ4n) is 6.09. The van der Waals surface area contributed by atoms with Gasteiger partial charge in [-0.25, -0.2) is 9.59 Å². The zero-order valence-corrected chi connectivity index (χ0v) is 27.8. The number of aliphatic carboxylic acids is 2. The minimum atomic E-state index is -1.27. The van der Waals surface area contributed by atoms with Crippen molar-refractivity contribution in [3.05, 3.63) is 48.0 Å². The molecule has 13 heteroatoms. The molecule has 262 valence electrons. The topological polar surface area (TPSA) is 203 Å². The van der Waals surface area contributed by atoms with Crippen molar-refractivity contribution in [1.82, 2.24) is 26.6 Å². The molecule has 0 spiro atoms. The molecule has 1 aliphatic rings. The Hall–Kier alpha value is -4.52. The zero-order chi connectivity index (χ0) is 35.1. The van der Waals surface area contributed by atoms with Crippen LogP contribution in [0, 0.1) is 11.8 Å². The molecule has 48 heavy (non-hydrogen) atoms. The number of carbonyl (C=O) groups is 6. The average Bonchev–Trinajstić information content (AvgIpc) is 3.05. The van der Waals surface area contributed by atoms with E-state index in [-0.39, 0.29) is 43.5 Å². The lowest BCUT2D eigenvalue weighted by atomic mass is 9.81. The van der Waals surface area contributed by atoms with E-state index in [1.165, 1.54) is 6.92 Å². The maximum atomic E-state index is 13.4. The number of fused-ring (bicyclic) bond motifs is 1. The lowest BCUT2D eigenvalue weighted by Crippen LogP contribution is -2.51. The molecule has 2 aromatic rings. The first-order valence-electron chi connectivity index (χ1n) is 16.7. The molecule has 7 N–H and O–H groups in total. The monoisotopic (exact) mass is 667 g/mol.